The lowest BCUT2D eigenvalue weighted by molar-refractivity contribution is -0.125. The van der Waals surface area contributed by atoms with Crippen LogP contribution in [0.4, 0.5) is 5.82 Å². The number of halogens is 2. The zero-order chi connectivity index (χ0) is 20.6. The molecule has 1 saturated heterocycles. The maximum Gasteiger partial charge on any atom is 0.256 e. The Bertz CT molecular complexity index is 899. The molecule has 1 fully saturated rings. The third-order valence-corrected chi connectivity index (χ3v) is 4.78. The fourth-order valence-electron chi connectivity index (χ4n) is 2.92. The van der Waals surface area contributed by atoms with Crippen molar-refractivity contribution in [3.05, 3.63) is 45.6 Å². The zero-order valence-corrected chi connectivity index (χ0v) is 17.6. The van der Waals surface area contributed by atoms with Gasteiger partial charge in [-0.1, -0.05) is 44.0 Å². The van der Waals surface area contributed by atoms with Gasteiger partial charge >= 0.3 is 0 Å². The summed E-state index contributed by atoms with van der Waals surface area (Å²) < 4.78 is 1.58. The normalized spacial score (nSPS) is 20.0. The molecule has 0 saturated carbocycles. The highest BCUT2D eigenvalue weighted by Crippen LogP contribution is 2.27. The van der Waals surface area contributed by atoms with Gasteiger partial charge in [-0.05, 0) is 25.1 Å². The van der Waals surface area contributed by atoms with Crippen LogP contribution in [0.25, 0.3) is 0 Å². The average Bonchev–Trinajstić information content (AvgIpc) is 2.97. The van der Waals surface area contributed by atoms with Gasteiger partial charge in [0.15, 0.2) is 6.29 Å². The number of hydrogen-bond donors (Lipinski definition) is 3. The van der Waals surface area contributed by atoms with Crippen molar-refractivity contribution in [2.24, 2.45) is 0 Å². The van der Waals surface area contributed by atoms with Gasteiger partial charge in [-0.25, -0.2) is 4.68 Å². The van der Waals surface area contributed by atoms with E-state index in [1.54, 1.807) is 16.8 Å². The molecule has 1 aromatic heterocycles. The van der Waals surface area contributed by atoms with Crippen LogP contribution >= 0.6 is 23.2 Å². The molecule has 2 atom stereocenters. The van der Waals surface area contributed by atoms with Gasteiger partial charge in [0.1, 0.15) is 5.82 Å². The number of rotatable bonds is 3. The molecule has 0 bridgehead atoms. The summed E-state index contributed by atoms with van der Waals surface area (Å²) >= 11 is 12.0. The minimum atomic E-state index is -0.564. The van der Waals surface area contributed by atoms with Crippen LogP contribution in [0.2, 0.25) is 10.0 Å². The van der Waals surface area contributed by atoms with E-state index in [2.05, 4.69) is 21.0 Å². The molecule has 3 N–H and O–H groups in total. The number of carbonyl (C=O) groups excluding carboxylic acids is 2. The van der Waals surface area contributed by atoms with Crippen molar-refractivity contribution in [2.75, 3.05) is 5.32 Å². The number of hydrogen-bond acceptors (Lipinski definition) is 4. The van der Waals surface area contributed by atoms with E-state index in [9.17, 15) is 9.59 Å². The molecule has 1 aliphatic rings. The van der Waals surface area contributed by atoms with Gasteiger partial charge in [-0.3, -0.25) is 14.9 Å². The van der Waals surface area contributed by atoms with E-state index >= 15 is 0 Å². The van der Waals surface area contributed by atoms with E-state index in [1.165, 1.54) is 12.1 Å². The van der Waals surface area contributed by atoms with E-state index in [0.29, 0.717) is 27.8 Å². The van der Waals surface area contributed by atoms with Crippen molar-refractivity contribution in [1.82, 2.24) is 20.4 Å². The number of carbonyl (C=O) groups is 2. The molecule has 2 amide bonds. The smallest absolute Gasteiger partial charge is 0.256 e. The van der Waals surface area contributed by atoms with Crippen LogP contribution in [-0.2, 0) is 10.2 Å². The Morgan fingerprint density at radius 2 is 1.86 bits per heavy atom. The van der Waals surface area contributed by atoms with Gasteiger partial charge < -0.3 is 10.6 Å². The minimum Gasteiger partial charge on any atom is -0.322 e. The lowest BCUT2D eigenvalue weighted by atomic mass is 9.92. The molecule has 2 aromatic rings. The molecule has 2 unspecified atom stereocenters. The molecule has 7 nitrogen and oxygen atoms in total. The van der Waals surface area contributed by atoms with Crippen molar-refractivity contribution < 1.29 is 9.59 Å². The van der Waals surface area contributed by atoms with Crippen LogP contribution in [-0.4, -0.2) is 27.6 Å². The van der Waals surface area contributed by atoms with E-state index in [0.717, 1.165) is 5.69 Å². The Hall–Kier alpha value is -2.09. The standard InChI is InChI=1S/C19H23Cl2N5O2/c1-10-5-16(27)24-18(22-10)26-15(9-14(25-26)19(2,3)4)23-17(28)11-6-12(20)8-13(21)7-11/h6-10,18,22H,5H2,1-4H3,(H,23,28)(H,24,27). The average molecular weight is 424 g/mol. The molecule has 9 heteroatoms. The molecular weight excluding hydrogens is 401 g/mol. The predicted octanol–water partition coefficient (Wildman–Crippen LogP) is 3.69. The van der Waals surface area contributed by atoms with E-state index in [-0.39, 0.29) is 23.3 Å². The maximum absolute atomic E-state index is 12.8. The lowest BCUT2D eigenvalue weighted by Crippen LogP contribution is -2.52. The first kappa shape index (κ1) is 20.6. The van der Waals surface area contributed by atoms with Crippen LogP contribution in [0.15, 0.2) is 24.3 Å². The van der Waals surface area contributed by atoms with E-state index in [1.807, 2.05) is 27.7 Å². The van der Waals surface area contributed by atoms with Gasteiger partial charge in [-0.2, -0.15) is 5.10 Å². The van der Waals surface area contributed by atoms with Crippen LogP contribution in [0.3, 0.4) is 0 Å². The molecule has 150 valence electrons. The molecular formula is C19H23Cl2N5O2. The Morgan fingerprint density at radius 1 is 1.21 bits per heavy atom. The number of benzene rings is 1. The number of nitrogens with one attached hydrogen (secondary N) is 3. The largest absolute Gasteiger partial charge is 0.322 e. The summed E-state index contributed by atoms with van der Waals surface area (Å²) in [7, 11) is 0. The summed E-state index contributed by atoms with van der Waals surface area (Å²) in [5, 5.41) is 14.4. The number of amides is 2. The zero-order valence-electron chi connectivity index (χ0n) is 16.1. The first-order valence-electron chi connectivity index (χ1n) is 8.96. The second kappa shape index (κ2) is 7.73. The molecule has 0 radical (unpaired) electrons. The molecule has 1 aromatic carbocycles. The first-order valence-corrected chi connectivity index (χ1v) is 9.71. The number of aromatic nitrogens is 2. The highest BCUT2D eigenvalue weighted by Gasteiger charge is 2.29. The van der Waals surface area contributed by atoms with Crippen LogP contribution in [0, 0.1) is 0 Å². The maximum atomic E-state index is 12.8. The summed E-state index contributed by atoms with van der Waals surface area (Å²) in [5.41, 5.74) is 0.867. The molecule has 2 heterocycles. The van der Waals surface area contributed by atoms with E-state index in [4.69, 9.17) is 23.2 Å². The second-order valence-electron chi connectivity index (χ2n) is 7.96. The SMILES string of the molecule is CC1CC(=O)NC(n2nc(C(C)(C)C)cc2NC(=O)c2cc(Cl)cc(Cl)c2)N1. The Balaban J connectivity index is 1.95. The third-order valence-electron chi connectivity index (χ3n) is 4.35. The fourth-order valence-corrected chi connectivity index (χ4v) is 3.44. The van der Waals surface area contributed by atoms with Crippen molar-refractivity contribution in [3.8, 4) is 0 Å². The fraction of sp³-hybridized carbons (Fsp3) is 0.421. The highest BCUT2D eigenvalue weighted by molar-refractivity contribution is 6.35. The highest BCUT2D eigenvalue weighted by atomic mass is 35.5. The lowest BCUT2D eigenvalue weighted by Gasteiger charge is -2.30. The van der Waals surface area contributed by atoms with Gasteiger partial charge in [0.05, 0.1) is 5.69 Å². The van der Waals surface area contributed by atoms with Crippen molar-refractivity contribution in [1.29, 1.82) is 0 Å². The summed E-state index contributed by atoms with van der Waals surface area (Å²) in [6, 6.07) is 6.42. The topological polar surface area (TPSA) is 88.1 Å². The predicted molar refractivity (Wildman–Crippen MR) is 110 cm³/mol. The Morgan fingerprint density at radius 3 is 2.43 bits per heavy atom. The molecule has 0 aliphatic carbocycles. The summed E-state index contributed by atoms with van der Waals surface area (Å²) in [6.07, 6.45) is -0.183. The molecule has 0 spiro atoms. The number of anilines is 1. The van der Waals surface area contributed by atoms with Gasteiger partial charge in [0, 0.05) is 39.6 Å². The third kappa shape index (κ3) is 4.66. The van der Waals surface area contributed by atoms with Crippen LogP contribution < -0.4 is 16.0 Å². The van der Waals surface area contributed by atoms with Gasteiger partial charge in [0.25, 0.3) is 5.91 Å². The van der Waals surface area contributed by atoms with Crippen molar-refractivity contribution >= 4 is 40.8 Å². The molecule has 1 aliphatic heterocycles. The van der Waals surface area contributed by atoms with E-state index < -0.39 is 6.29 Å². The van der Waals surface area contributed by atoms with Crippen molar-refractivity contribution in [3.63, 3.8) is 0 Å². The Kier molecular flexibility index (Phi) is 5.70. The quantitative estimate of drug-likeness (QED) is 0.701. The van der Waals surface area contributed by atoms with Crippen LogP contribution in [0.1, 0.15) is 56.5 Å². The second-order valence-corrected chi connectivity index (χ2v) is 8.84. The molecule has 3 rings (SSSR count). The summed E-state index contributed by atoms with van der Waals surface area (Å²) in [5.74, 6) is 0.00192. The summed E-state index contributed by atoms with van der Waals surface area (Å²) in [4.78, 5) is 24.7. The minimum absolute atomic E-state index is 0.0173. The van der Waals surface area contributed by atoms with Gasteiger partial charge in [-0.15, -0.1) is 0 Å². The van der Waals surface area contributed by atoms with Gasteiger partial charge in [0.2, 0.25) is 5.91 Å². The summed E-state index contributed by atoms with van der Waals surface area (Å²) in [6.45, 7) is 8.00. The van der Waals surface area contributed by atoms with Crippen molar-refractivity contribution in [2.45, 2.75) is 51.9 Å². The monoisotopic (exact) mass is 423 g/mol. The molecule has 28 heavy (non-hydrogen) atoms. The number of nitrogens with zero attached hydrogens (tertiary/aromatic N) is 2. The van der Waals surface area contributed by atoms with Crippen LogP contribution in [0.5, 0.6) is 0 Å². The first-order chi connectivity index (χ1) is 13.0. The Labute approximate surface area is 173 Å².